The molecule has 1 N–H and O–H groups in total. The Morgan fingerprint density at radius 1 is 1.38 bits per heavy atom. The number of nitrogens with zero attached hydrogens (tertiary/aromatic N) is 3. The van der Waals surface area contributed by atoms with Gasteiger partial charge in [-0.25, -0.2) is 18.2 Å². The van der Waals surface area contributed by atoms with Crippen LogP contribution in [0.1, 0.15) is 29.8 Å². The maximum atomic E-state index is 13.7. The number of piperidine rings is 1. The van der Waals surface area contributed by atoms with Gasteiger partial charge in [0.15, 0.2) is 11.5 Å². The minimum atomic E-state index is -2.78. The van der Waals surface area contributed by atoms with E-state index in [1.54, 1.807) is 4.90 Å². The maximum absolute atomic E-state index is 13.7. The van der Waals surface area contributed by atoms with Crippen LogP contribution in [0.25, 0.3) is 0 Å². The van der Waals surface area contributed by atoms with Gasteiger partial charge in [-0.2, -0.15) is 0 Å². The van der Waals surface area contributed by atoms with Crippen LogP contribution in [-0.2, 0) is 0 Å². The number of likely N-dealkylation sites (tertiary alicyclic amines) is 2. The van der Waals surface area contributed by atoms with E-state index < -0.39 is 23.7 Å². The first kappa shape index (κ1) is 17.2. The number of carbonyl (C=O) groups excluding carboxylic acids is 1. The number of carbonyl (C=O) groups is 1. The molecular weight excluding hydrogens is 323 g/mol. The van der Waals surface area contributed by atoms with Gasteiger partial charge in [0.2, 0.25) is 0 Å². The van der Waals surface area contributed by atoms with Crippen LogP contribution >= 0.6 is 0 Å². The molecule has 3 heterocycles. The van der Waals surface area contributed by atoms with Gasteiger partial charge in [0.1, 0.15) is 0 Å². The number of amides is 1. The van der Waals surface area contributed by atoms with Crippen LogP contribution in [0.4, 0.5) is 13.2 Å². The third-order valence-electron chi connectivity index (χ3n) is 4.81. The fourth-order valence-corrected chi connectivity index (χ4v) is 3.61. The highest BCUT2D eigenvalue weighted by molar-refractivity contribution is 5.92. The molecular formula is C16H20F3N3O2. The van der Waals surface area contributed by atoms with Crippen LogP contribution < -0.4 is 0 Å². The molecule has 1 atom stereocenters. The number of rotatable bonds is 3. The van der Waals surface area contributed by atoms with Crippen molar-refractivity contribution in [2.45, 2.75) is 37.3 Å². The summed E-state index contributed by atoms with van der Waals surface area (Å²) in [6.07, 6.45) is 2.07. The molecule has 2 aliphatic rings. The average Bonchev–Trinajstić information content (AvgIpc) is 2.90. The molecule has 0 aromatic carbocycles. The second-order valence-electron chi connectivity index (χ2n) is 6.43. The van der Waals surface area contributed by atoms with Crippen molar-refractivity contribution in [3.8, 4) is 0 Å². The summed E-state index contributed by atoms with van der Waals surface area (Å²) >= 11 is 0. The molecule has 2 fully saturated rings. The molecule has 1 aromatic rings. The van der Waals surface area contributed by atoms with E-state index >= 15 is 0 Å². The van der Waals surface area contributed by atoms with Crippen molar-refractivity contribution < 1.29 is 23.1 Å². The van der Waals surface area contributed by atoms with E-state index in [0.717, 1.165) is 0 Å². The van der Waals surface area contributed by atoms with Crippen LogP contribution in [0.5, 0.6) is 0 Å². The van der Waals surface area contributed by atoms with E-state index in [9.17, 15) is 23.1 Å². The number of aliphatic hydroxyl groups excluding tert-OH is 1. The molecule has 8 heteroatoms. The lowest BCUT2D eigenvalue weighted by Gasteiger charge is -2.38. The van der Waals surface area contributed by atoms with E-state index in [4.69, 9.17) is 0 Å². The second-order valence-corrected chi connectivity index (χ2v) is 6.43. The van der Waals surface area contributed by atoms with E-state index in [1.807, 2.05) is 0 Å². The zero-order valence-electron chi connectivity index (χ0n) is 13.2. The quantitative estimate of drug-likeness (QED) is 0.904. The van der Waals surface area contributed by atoms with Gasteiger partial charge in [0, 0.05) is 37.8 Å². The number of pyridine rings is 1. The Labute approximate surface area is 138 Å². The number of halogens is 3. The molecule has 1 amide bonds. The number of aliphatic hydroxyl groups is 1. The van der Waals surface area contributed by atoms with Crippen molar-refractivity contribution in [2.24, 2.45) is 0 Å². The SMILES string of the molecule is O=C(c1ncccc1F)N1CCC(N2CC(F)(F)C[C@H]2CO)CC1. The first-order valence-corrected chi connectivity index (χ1v) is 8.05. The zero-order chi connectivity index (χ0) is 17.3. The zero-order valence-corrected chi connectivity index (χ0v) is 13.2. The summed E-state index contributed by atoms with van der Waals surface area (Å²) in [5.74, 6) is -3.92. The molecule has 0 unspecified atom stereocenters. The highest BCUT2D eigenvalue weighted by Gasteiger charge is 2.47. The van der Waals surface area contributed by atoms with Gasteiger partial charge in [-0.3, -0.25) is 9.69 Å². The predicted octanol–water partition coefficient (Wildman–Crippen LogP) is 1.53. The van der Waals surface area contributed by atoms with Gasteiger partial charge in [0.25, 0.3) is 11.8 Å². The molecule has 24 heavy (non-hydrogen) atoms. The summed E-state index contributed by atoms with van der Waals surface area (Å²) in [6, 6.07) is 1.96. The van der Waals surface area contributed by atoms with Gasteiger partial charge in [-0.15, -0.1) is 0 Å². The molecule has 0 aliphatic carbocycles. The standard InChI is InChI=1S/C16H20F3N3O2/c17-13-2-1-5-20-14(13)15(24)21-6-3-11(4-7-21)22-10-16(18,19)8-12(22)9-23/h1-2,5,11-12,23H,3-4,6-10H2/t12-/m0/s1. The van der Waals surface area contributed by atoms with Crippen molar-refractivity contribution in [3.05, 3.63) is 29.8 Å². The molecule has 2 aliphatic heterocycles. The lowest BCUT2D eigenvalue weighted by atomic mass is 10.0. The molecule has 0 saturated carbocycles. The Morgan fingerprint density at radius 3 is 2.71 bits per heavy atom. The van der Waals surface area contributed by atoms with Crippen molar-refractivity contribution in [2.75, 3.05) is 26.2 Å². The smallest absolute Gasteiger partial charge is 0.275 e. The average molecular weight is 343 g/mol. The van der Waals surface area contributed by atoms with Crippen LogP contribution in [0, 0.1) is 5.82 Å². The Hall–Kier alpha value is -1.67. The fraction of sp³-hybridized carbons (Fsp3) is 0.625. The summed E-state index contributed by atoms with van der Waals surface area (Å²) in [5, 5.41) is 9.33. The first-order valence-electron chi connectivity index (χ1n) is 8.05. The molecule has 3 rings (SSSR count). The molecule has 1 aromatic heterocycles. The predicted molar refractivity (Wildman–Crippen MR) is 80.3 cm³/mol. The van der Waals surface area contributed by atoms with Crippen molar-refractivity contribution in [1.82, 2.24) is 14.8 Å². The van der Waals surface area contributed by atoms with E-state index in [-0.39, 0.29) is 31.3 Å². The second kappa shape index (κ2) is 6.68. The Morgan fingerprint density at radius 2 is 2.08 bits per heavy atom. The van der Waals surface area contributed by atoms with Gasteiger partial charge >= 0.3 is 0 Å². The Kier molecular flexibility index (Phi) is 4.78. The van der Waals surface area contributed by atoms with Gasteiger partial charge in [-0.1, -0.05) is 0 Å². The molecule has 2 saturated heterocycles. The van der Waals surface area contributed by atoms with Crippen LogP contribution in [0.2, 0.25) is 0 Å². The first-order chi connectivity index (χ1) is 11.4. The molecule has 0 spiro atoms. The maximum Gasteiger partial charge on any atom is 0.275 e. The molecule has 5 nitrogen and oxygen atoms in total. The summed E-state index contributed by atoms with van der Waals surface area (Å²) in [7, 11) is 0. The topological polar surface area (TPSA) is 56.7 Å². The van der Waals surface area contributed by atoms with E-state index in [0.29, 0.717) is 25.9 Å². The van der Waals surface area contributed by atoms with Crippen molar-refractivity contribution in [1.29, 1.82) is 0 Å². The fourth-order valence-electron chi connectivity index (χ4n) is 3.61. The Bertz CT molecular complexity index is 606. The highest BCUT2D eigenvalue weighted by Crippen LogP contribution is 2.35. The van der Waals surface area contributed by atoms with Crippen molar-refractivity contribution >= 4 is 5.91 Å². The number of aromatic nitrogens is 1. The van der Waals surface area contributed by atoms with E-state index in [2.05, 4.69) is 4.98 Å². The lowest BCUT2D eigenvalue weighted by Crippen LogP contribution is -2.49. The molecule has 0 bridgehead atoms. The minimum Gasteiger partial charge on any atom is -0.395 e. The summed E-state index contributed by atoms with van der Waals surface area (Å²) in [5.41, 5.74) is -0.211. The Balaban J connectivity index is 1.62. The van der Waals surface area contributed by atoms with Crippen LogP contribution in [0.3, 0.4) is 0 Å². The third-order valence-corrected chi connectivity index (χ3v) is 4.81. The monoisotopic (exact) mass is 343 g/mol. The summed E-state index contributed by atoms with van der Waals surface area (Å²) < 4.78 is 40.9. The van der Waals surface area contributed by atoms with Crippen molar-refractivity contribution in [3.63, 3.8) is 0 Å². The van der Waals surface area contributed by atoms with Gasteiger partial charge in [0.05, 0.1) is 13.2 Å². The van der Waals surface area contributed by atoms with Gasteiger partial charge in [-0.05, 0) is 25.0 Å². The summed E-state index contributed by atoms with van der Waals surface area (Å²) in [6.45, 7) is 0.0685. The number of alkyl halides is 2. The summed E-state index contributed by atoms with van der Waals surface area (Å²) in [4.78, 5) is 19.3. The lowest BCUT2D eigenvalue weighted by molar-refractivity contribution is 0.00291. The molecule has 0 radical (unpaired) electrons. The molecule has 132 valence electrons. The van der Waals surface area contributed by atoms with Crippen LogP contribution in [-0.4, -0.2) is 70.0 Å². The van der Waals surface area contributed by atoms with Gasteiger partial charge < -0.3 is 10.0 Å². The minimum absolute atomic E-state index is 0.104. The van der Waals surface area contributed by atoms with Crippen LogP contribution in [0.15, 0.2) is 18.3 Å². The number of hydrogen-bond acceptors (Lipinski definition) is 4. The highest BCUT2D eigenvalue weighted by atomic mass is 19.3. The third kappa shape index (κ3) is 3.39. The number of hydrogen-bond donors (Lipinski definition) is 1. The normalized spacial score (nSPS) is 25.2. The largest absolute Gasteiger partial charge is 0.395 e. The van der Waals surface area contributed by atoms with E-state index in [1.165, 1.54) is 23.2 Å².